The number of furan rings is 1. The molecule has 0 amide bonds. The van der Waals surface area contributed by atoms with Gasteiger partial charge in [0, 0.05) is 23.7 Å². The summed E-state index contributed by atoms with van der Waals surface area (Å²) in [4.78, 5) is 11.3. The Labute approximate surface area is 131 Å². The van der Waals surface area contributed by atoms with Crippen molar-refractivity contribution in [3.05, 3.63) is 53.3 Å². The van der Waals surface area contributed by atoms with Crippen molar-refractivity contribution in [3.8, 4) is 0 Å². The molecule has 0 spiro atoms. The van der Waals surface area contributed by atoms with Gasteiger partial charge in [-0.05, 0) is 13.0 Å². The quantitative estimate of drug-likeness (QED) is 0.841. The summed E-state index contributed by atoms with van der Waals surface area (Å²) in [7, 11) is -3.00. The van der Waals surface area contributed by atoms with Crippen molar-refractivity contribution in [2.45, 2.75) is 18.1 Å². The average molecular weight is 345 g/mol. The van der Waals surface area contributed by atoms with Crippen molar-refractivity contribution >= 4 is 16.0 Å². The van der Waals surface area contributed by atoms with Crippen LogP contribution in [0.25, 0.3) is 0 Å². The van der Waals surface area contributed by atoms with Crippen molar-refractivity contribution in [1.82, 2.24) is 4.72 Å². The van der Waals surface area contributed by atoms with E-state index >= 15 is 0 Å². The second-order valence-corrected chi connectivity index (χ2v) is 6.30. The lowest BCUT2D eigenvalue weighted by molar-refractivity contribution is 0.0600. The molecule has 1 N–H and O–H groups in total. The molecule has 0 aliphatic heterocycles. The van der Waals surface area contributed by atoms with E-state index in [4.69, 9.17) is 4.42 Å². The molecule has 23 heavy (non-hydrogen) atoms. The number of halogens is 2. The van der Waals surface area contributed by atoms with Crippen LogP contribution in [-0.2, 0) is 14.8 Å². The maximum absolute atomic E-state index is 13.7. The van der Waals surface area contributed by atoms with Crippen LogP contribution in [0.2, 0.25) is 0 Å². The summed E-state index contributed by atoms with van der Waals surface area (Å²) in [5.74, 6) is -2.40. The molecule has 1 aromatic heterocycles. The van der Waals surface area contributed by atoms with Crippen LogP contribution in [0.5, 0.6) is 0 Å². The minimum absolute atomic E-state index is 0.0327. The number of carbonyl (C=O) groups is 1. The van der Waals surface area contributed by atoms with Crippen LogP contribution in [0.1, 0.15) is 28.9 Å². The predicted molar refractivity (Wildman–Crippen MR) is 75.1 cm³/mol. The Morgan fingerprint density at radius 1 is 1.30 bits per heavy atom. The zero-order valence-corrected chi connectivity index (χ0v) is 13.0. The Balaban J connectivity index is 2.23. The van der Waals surface area contributed by atoms with Gasteiger partial charge in [0.15, 0.2) is 0 Å². The van der Waals surface area contributed by atoms with Crippen molar-refractivity contribution in [2.75, 3.05) is 7.11 Å². The third-order valence-corrected chi connectivity index (χ3v) is 4.43. The molecule has 6 nitrogen and oxygen atoms in total. The summed E-state index contributed by atoms with van der Waals surface area (Å²) in [6, 6.07) is 2.82. The molecule has 124 valence electrons. The molecule has 2 aromatic rings. The molecular formula is C14H13F2NO5S. The first-order valence-electron chi connectivity index (χ1n) is 6.38. The minimum Gasteiger partial charge on any atom is -0.465 e. The van der Waals surface area contributed by atoms with Gasteiger partial charge in [-0.1, -0.05) is 6.07 Å². The van der Waals surface area contributed by atoms with E-state index in [0.29, 0.717) is 6.07 Å². The van der Waals surface area contributed by atoms with E-state index in [9.17, 15) is 22.0 Å². The maximum atomic E-state index is 13.7. The van der Waals surface area contributed by atoms with Gasteiger partial charge in [0.2, 0.25) is 5.09 Å². The Kier molecular flexibility index (Phi) is 4.81. The fourth-order valence-electron chi connectivity index (χ4n) is 1.89. The van der Waals surface area contributed by atoms with Gasteiger partial charge in [-0.25, -0.2) is 26.7 Å². The lowest BCUT2D eigenvalue weighted by Crippen LogP contribution is -2.27. The number of methoxy groups -OCH3 is 1. The van der Waals surface area contributed by atoms with Crippen LogP contribution >= 0.6 is 0 Å². The Bertz CT molecular complexity index is 831. The highest BCUT2D eigenvalue weighted by molar-refractivity contribution is 7.89. The molecular weight excluding hydrogens is 332 g/mol. The standard InChI is InChI=1S/C14H13F2NO5S/c1-8(11-4-3-10(15)6-12(11)16)17-23(19,20)13-5-9(7-22-13)14(18)21-2/h3-8,17H,1-2H3/t8-/m0/s1. The van der Waals surface area contributed by atoms with Crippen LogP contribution in [0, 0.1) is 11.6 Å². The second kappa shape index (κ2) is 6.47. The second-order valence-electron chi connectivity index (χ2n) is 4.65. The lowest BCUT2D eigenvalue weighted by Gasteiger charge is -2.14. The number of hydrogen-bond donors (Lipinski definition) is 1. The summed E-state index contributed by atoms with van der Waals surface area (Å²) in [5.41, 5.74) is -0.108. The molecule has 0 radical (unpaired) electrons. The van der Waals surface area contributed by atoms with Crippen LogP contribution < -0.4 is 4.72 Å². The normalized spacial score (nSPS) is 12.9. The zero-order chi connectivity index (χ0) is 17.2. The maximum Gasteiger partial charge on any atom is 0.341 e. The van der Waals surface area contributed by atoms with Gasteiger partial charge in [-0.3, -0.25) is 0 Å². The Morgan fingerprint density at radius 3 is 2.61 bits per heavy atom. The number of esters is 1. The summed E-state index contributed by atoms with van der Waals surface area (Å²) in [5, 5.41) is -0.521. The summed E-state index contributed by atoms with van der Waals surface area (Å²) in [6.07, 6.45) is 0.934. The molecule has 0 saturated heterocycles. The average Bonchev–Trinajstić information content (AvgIpc) is 2.96. The molecule has 0 aliphatic carbocycles. The first-order chi connectivity index (χ1) is 10.7. The largest absolute Gasteiger partial charge is 0.465 e. The van der Waals surface area contributed by atoms with E-state index in [1.807, 2.05) is 0 Å². The van der Waals surface area contributed by atoms with E-state index < -0.39 is 38.8 Å². The highest BCUT2D eigenvalue weighted by Crippen LogP contribution is 2.21. The molecule has 1 aromatic carbocycles. The van der Waals surface area contributed by atoms with Gasteiger partial charge < -0.3 is 9.15 Å². The van der Waals surface area contributed by atoms with Crippen LogP contribution in [0.15, 0.2) is 40.0 Å². The molecule has 0 fully saturated rings. The van der Waals surface area contributed by atoms with Gasteiger partial charge in [0.1, 0.15) is 17.9 Å². The number of benzene rings is 1. The van der Waals surface area contributed by atoms with Gasteiger partial charge in [0.05, 0.1) is 12.7 Å². The zero-order valence-electron chi connectivity index (χ0n) is 12.2. The minimum atomic E-state index is -4.14. The van der Waals surface area contributed by atoms with Crippen molar-refractivity contribution in [3.63, 3.8) is 0 Å². The summed E-state index contributed by atoms with van der Waals surface area (Å²) in [6.45, 7) is 1.39. The molecule has 0 bridgehead atoms. The van der Waals surface area contributed by atoms with E-state index in [1.54, 1.807) is 0 Å². The van der Waals surface area contributed by atoms with Crippen LogP contribution in [-0.4, -0.2) is 21.5 Å². The predicted octanol–water partition coefficient (Wildman–Crippen LogP) is 2.38. The highest BCUT2D eigenvalue weighted by atomic mass is 32.2. The van der Waals surface area contributed by atoms with E-state index in [1.165, 1.54) is 6.92 Å². The Hall–Kier alpha value is -2.26. The third kappa shape index (κ3) is 3.74. The van der Waals surface area contributed by atoms with Crippen molar-refractivity contribution in [1.29, 1.82) is 0 Å². The first kappa shape index (κ1) is 17.1. The fraction of sp³-hybridized carbons (Fsp3) is 0.214. The SMILES string of the molecule is COC(=O)c1coc(S(=O)(=O)N[C@@H](C)c2ccc(F)cc2F)c1. The molecule has 0 aliphatic rings. The Morgan fingerprint density at radius 2 is 2.00 bits per heavy atom. The fourth-order valence-corrected chi connectivity index (χ4v) is 3.05. The third-order valence-electron chi connectivity index (χ3n) is 3.02. The van der Waals surface area contributed by atoms with E-state index in [0.717, 1.165) is 31.6 Å². The number of nitrogens with one attached hydrogen (secondary N) is 1. The smallest absolute Gasteiger partial charge is 0.341 e. The molecule has 2 rings (SSSR count). The molecule has 0 unspecified atom stereocenters. The molecule has 0 saturated carbocycles. The number of hydrogen-bond acceptors (Lipinski definition) is 5. The van der Waals surface area contributed by atoms with Crippen molar-refractivity contribution in [2.24, 2.45) is 0 Å². The lowest BCUT2D eigenvalue weighted by atomic mass is 10.1. The van der Waals surface area contributed by atoms with E-state index in [-0.39, 0.29) is 11.1 Å². The van der Waals surface area contributed by atoms with Crippen LogP contribution in [0.3, 0.4) is 0 Å². The molecule has 1 heterocycles. The monoisotopic (exact) mass is 345 g/mol. The van der Waals surface area contributed by atoms with Gasteiger partial charge >= 0.3 is 5.97 Å². The highest BCUT2D eigenvalue weighted by Gasteiger charge is 2.25. The number of rotatable bonds is 5. The van der Waals surface area contributed by atoms with Gasteiger partial charge in [0.25, 0.3) is 10.0 Å². The summed E-state index contributed by atoms with van der Waals surface area (Å²) >= 11 is 0. The van der Waals surface area contributed by atoms with Crippen molar-refractivity contribution < 1.29 is 31.1 Å². The van der Waals surface area contributed by atoms with E-state index in [2.05, 4.69) is 9.46 Å². The topological polar surface area (TPSA) is 85.6 Å². The van der Waals surface area contributed by atoms with Gasteiger partial charge in [-0.15, -0.1) is 0 Å². The molecule has 9 heteroatoms. The van der Waals surface area contributed by atoms with Crippen LogP contribution in [0.4, 0.5) is 8.78 Å². The number of carbonyl (C=O) groups excluding carboxylic acids is 1. The number of sulfonamides is 1. The molecule has 1 atom stereocenters. The number of ether oxygens (including phenoxy) is 1. The first-order valence-corrected chi connectivity index (χ1v) is 7.87. The summed E-state index contributed by atoms with van der Waals surface area (Å²) < 4.78 is 62.4. The van der Waals surface area contributed by atoms with Gasteiger partial charge in [-0.2, -0.15) is 0 Å².